The molecule has 7 nitrogen and oxygen atoms in total. The molecule has 2 heterocycles. The lowest BCUT2D eigenvalue weighted by Crippen LogP contribution is -2.29. The zero-order chi connectivity index (χ0) is 14.9. The van der Waals surface area contributed by atoms with Crippen molar-refractivity contribution in [2.75, 3.05) is 6.26 Å². The van der Waals surface area contributed by atoms with Crippen LogP contribution in [0.1, 0.15) is 10.5 Å². The van der Waals surface area contributed by atoms with Gasteiger partial charge in [0.2, 0.25) is 10.0 Å². The van der Waals surface area contributed by atoms with Gasteiger partial charge in [-0.2, -0.15) is 5.10 Å². The van der Waals surface area contributed by atoms with Gasteiger partial charge in [0.1, 0.15) is 0 Å². The topological polar surface area (TPSA) is 94.0 Å². The molecule has 2 aromatic heterocycles. The van der Waals surface area contributed by atoms with E-state index in [1.54, 1.807) is 19.2 Å². The summed E-state index contributed by atoms with van der Waals surface area (Å²) in [4.78, 5) is 15.8. The van der Waals surface area contributed by atoms with Crippen LogP contribution in [0.2, 0.25) is 5.02 Å². The highest BCUT2D eigenvalue weighted by atomic mass is 35.5. The molecule has 20 heavy (non-hydrogen) atoms. The van der Waals surface area contributed by atoms with E-state index < -0.39 is 15.9 Å². The fourth-order valence-electron chi connectivity index (χ4n) is 1.58. The van der Waals surface area contributed by atoms with Crippen LogP contribution < -0.4 is 4.72 Å². The smallest absolute Gasteiger partial charge is 0.266 e. The molecule has 0 aliphatic heterocycles. The molecule has 0 bridgehead atoms. The van der Waals surface area contributed by atoms with E-state index in [2.05, 4.69) is 10.1 Å². The molecule has 0 unspecified atom stereocenters. The first kappa shape index (κ1) is 14.5. The zero-order valence-electron chi connectivity index (χ0n) is 10.7. The van der Waals surface area contributed by atoms with Crippen molar-refractivity contribution in [2.45, 2.75) is 0 Å². The molecule has 1 amide bonds. The number of carbonyl (C=O) groups is 1. The standard InChI is InChI=1S/C11H11ClN4O3S/c1-16-10(8-5-7(12)3-4-13-8)6-9(14-16)11(17)15-20(2,18)19/h3-6H,1-2H3,(H,15,17). The van der Waals surface area contributed by atoms with Gasteiger partial charge in [-0.15, -0.1) is 0 Å². The van der Waals surface area contributed by atoms with Crippen molar-refractivity contribution in [2.24, 2.45) is 7.05 Å². The minimum atomic E-state index is -3.63. The Morgan fingerprint density at radius 3 is 2.70 bits per heavy atom. The van der Waals surface area contributed by atoms with Crippen LogP contribution in [-0.4, -0.2) is 35.3 Å². The van der Waals surface area contributed by atoms with E-state index in [-0.39, 0.29) is 5.69 Å². The van der Waals surface area contributed by atoms with Gasteiger partial charge in [-0.25, -0.2) is 13.1 Å². The number of aromatic nitrogens is 3. The maximum absolute atomic E-state index is 11.7. The highest BCUT2D eigenvalue weighted by Gasteiger charge is 2.17. The summed E-state index contributed by atoms with van der Waals surface area (Å²) in [6.45, 7) is 0. The summed E-state index contributed by atoms with van der Waals surface area (Å²) in [5.74, 6) is -0.795. The molecule has 0 fully saturated rings. The molecule has 0 saturated heterocycles. The Morgan fingerprint density at radius 1 is 1.40 bits per heavy atom. The second-order valence-corrected chi connectivity index (χ2v) is 6.29. The van der Waals surface area contributed by atoms with E-state index in [0.717, 1.165) is 6.26 Å². The monoisotopic (exact) mass is 314 g/mol. The molecule has 0 aliphatic rings. The lowest BCUT2D eigenvalue weighted by molar-refractivity contribution is 0.0976. The third-order valence-electron chi connectivity index (χ3n) is 2.37. The van der Waals surface area contributed by atoms with Crippen LogP contribution in [0.4, 0.5) is 0 Å². The number of nitrogens with zero attached hydrogens (tertiary/aromatic N) is 3. The molecular formula is C11H11ClN4O3S. The van der Waals surface area contributed by atoms with Crippen LogP contribution in [0.15, 0.2) is 24.4 Å². The van der Waals surface area contributed by atoms with Crippen molar-refractivity contribution >= 4 is 27.5 Å². The summed E-state index contributed by atoms with van der Waals surface area (Å²) < 4.78 is 25.3. The predicted molar refractivity (Wildman–Crippen MR) is 73.8 cm³/mol. The number of halogens is 1. The normalized spacial score (nSPS) is 11.3. The first-order valence-electron chi connectivity index (χ1n) is 5.44. The Morgan fingerprint density at radius 2 is 2.10 bits per heavy atom. The van der Waals surface area contributed by atoms with Gasteiger partial charge in [0.25, 0.3) is 5.91 Å². The minimum Gasteiger partial charge on any atom is -0.266 e. The fourth-order valence-corrected chi connectivity index (χ4v) is 2.18. The molecule has 0 saturated carbocycles. The lowest BCUT2D eigenvalue weighted by Gasteiger charge is -2.00. The molecule has 0 radical (unpaired) electrons. The number of rotatable bonds is 3. The summed E-state index contributed by atoms with van der Waals surface area (Å²) in [5, 5.41) is 4.46. The van der Waals surface area contributed by atoms with Crippen molar-refractivity contribution in [1.82, 2.24) is 19.5 Å². The fraction of sp³-hybridized carbons (Fsp3) is 0.182. The van der Waals surface area contributed by atoms with Crippen LogP contribution in [0.5, 0.6) is 0 Å². The van der Waals surface area contributed by atoms with Crippen molar-refractivity contribution in [3.05, 3.63) is 35.1 Å². The largest absolute Gasteiger partial charge is 0.285 e. The Balaban J connectivity index is 2.37. The Hall–Kier alpha value is -1.93. The third kappa shape index (κ3) is 3.34. The SMILES string of the molecule is Cn1nc(C(=O)NS(C)(=O)=O)cc1-c1cc(Cl)ccn1. The van der Waals surface area contributed by atoms with Crippen LogP contribution >= 0.6 is 11.6 Å². The average molecular weight is 315 g/mol. The van der Waals surface area contributed by atoms with Gasteiger partial charge in [0.05, 0.1) is 17.6 Å². The van der Waals surface area contributed by atoms with Gasteiger partial charge < -0.3 is 0 Å². The highest BCUT2D eigenvalue weighted by Crippen LogP contribution is 2.20. The quantitative estimate of drug-likeness (QED) is 0.905. The molecule has 2 rings (SSSR count). The Kier molecular flexibility index (Phi) is 3.78. The predicted octanol–water partition coefficient (Wildman–Crippen LogP) is 0.825. The van der Waals surface area contributed by atoms with E-state index in [1.807, 2.05) is 4.72 Å². The van der Waals surface area contributed by atoms with E-state index in [0.29, 0.717) is 16.4 Å². The highest BCUT2D eigenvalue weighted by molar-refractivity contribution is 7.89. The molecule has 0 atom stereocenters. The Bertz CT molecular complexity index is 770. The van der Waals surface area contributed by atoms with Crippen molar-refractivity contribution < 1.29 is 13.2 Å². The molecule has 0 aromatic carbocycles. The molecule has 9 heteroatoms. The van der Waals surface area contributed by atoms with E-state index in [4.69, 9.17) is 11.6 Å². The van der Waals surface area contributed by atoms with Crippen LogP contribution in [0, 0.1) is 0 Å². The van der Waals surface area contributed by atoms with Gasteiger partial charge in [-0.05, 0) is 18.2 Å². The molecular weight excluding hydrogens is 304 g/mol. The zero-order valence-corrected chi connectivity index (χ0v) is 12.2. The number of aryl methyl sites for hydroxylation is 1. The average Bonchev–Trinajstić information content (AvgIpc) is 2.69. The number of hydrogen-bond donors (Lipinski definition) is 1. The van der Waals surface area contributed by atoms with E-state index in [1.165, 1.54) is 16.9 Å². The van der Waals surface area contributed by atoms with Crippen LogP contribution in [0.25, 0.3) is 11.4 Å². The maximum Gasteiger partial charge on any atom is 0.285 e. The van der Waals surface area contributed by atoms with Crippen molar-refractivity contribution in [3.63, 3.8) is 0 Å². The second kappa shape index (κ2) is 5.22. The molecule has 1 N–H and O–H groups in total. The molecule has 2 aromatic rings. The number of pyridine rings is 1. The first-order valence-corrected chi connectivity index (χ1v) is 7.71. The van der Waals surface area contributed by atoms with Gasteiger partial charge >= 0.3 is 0 Å². The Labute approximate surface area is 120 Å². The maximum atomic E-state index is 11.7. The van der Waals surface area contributed by atoms with Gasteiger partial charge in [0.15, 0.2) is 5.69 Å². The van der Waals surface area contributed by atoms with Crippen molar-refractivity contribution in [1.29, 1.82) is 0 Å². The van der Waals surface area contributed by atoms with Gasteiger partial charge in [0, 0.05) is 18.3 Å². The summed E-state index contributed by atoms with van der Waals surface area (Å²) in [6.07, 6.45) is 2.42. The van der Waals surface area contributed by atoms with Crippen LogP contribution in [-0.2, 0) is 17.1 Å². The number of sulfonamides is 1. The number of amides is 1. The first-order chi connectivity index (χ1) is 9.26. The number of nitrogens with one attached hydrogen (secondary N) is 1. The lowest BCUT2D eigenvalue weighted by atomic mass is 10.2. The second-order valence-electron chi connectivity index (χ2n) is 4.10. The van der Waals surface area contributed by atoms with Gasteiger partial charge in [-0.3, -0.25) is 14.5 Å². The summed E-state index contributed by atoms with van der Waals surface area (Å²) in [7, 11) is -2.01. The number of carbonyl (C=O) groups excluding carboxylic acids is 1. The molecule has 106 valence electrons. The number of hydrogen-bond acceptors (Lipinski definition) is 5. The van der Waals surface area contributed by atoms with Gasteiger partial charge in [-0.1, -0.05) is 11.6 Å². The van der Waals surface area contributed by atoms with Crippen molar-refractivity contribution in [3.8, 4) is 11.4 Å². The minimum absolute atomic E-state index is 0.0188. The summed E-state index contributed by atoms with van der Waals surface area (Å²) >= 11 is 5.88. The van der Waals surface area contributed by atoms with E-state index in [9.17, 15) is 13.2 Å². The molecule has 0 aliphatic carbocycles. The summed E-state index contributed by atoms with van der Waals surface area (Å²) in [5.41, 5.74) is 1.06. The van der Waals surface area contributed by atoms with E-state index >= 15 is 0 Å². The molecule has 0 spiro atoms. The van der Waals surface area contributed by atoms with Crippen LogP contribution in [0.3, 0.4) is 0 Å². The third-order valence-corrected chi connectivity index (χ3v) is 3.17. The summed E-state index contributed by atoms with van der Waals surface area (Å²) in [6, 6.07) is 4.69.